The maximum absolute atomic E-state index is 12.5. The van der Waals surface area contributed by atoms with Gasteiger partial charge in [0.2, 0.25) is 0 Å². The third kappa shape index (κ3) is 4.23. The summed E-state index contributed by atoms with van der Waals surface area (Å²) in [6, 6.07) is 17.5. The number of carbonyl (C=O) groups excluding carboxylic acids is 2. The molecule has 1 aliphatic heterocycles. The van der Waals surface area contributed by atoms with Gasteiger partial charge < -0.3 is 10.1 Å². The Hall–Kier alpha value is -2.27. The van der Waals surface area contributed by atoms with E-state index in [1.54, 1.807) is 30.8 Å². The minimum absolute atomic E-state index is 0.240. The number of hydrogen-bond donors (Lipinski definition) is 1. The average Bonchev–Trinajstić information content (AvgIpc) is 2.62. The van der Waals surface area contributed by atoms with Crippen LogP contribution < -0.4 is 5.32 Å². The molecule has 2 aromatic rings. The van der Waals surface area contributed by atoms with Crippen LogP contribution in [0, 0.1) is 0 Å². The molecule has 1 amide bonds. The molecule has 4 nitrogen and oxygen atoms in total. The van der Waals surface area contributed by atoms with Crippen LogP contribution in [-0.4, -0.2) is 29.8 Å². The van der Waals surface area contributed by atoms with Crippen molar-refractivity contribution in [1.82, 2.24) is 5.32 Å². The summed E-state index contributed by atoms with van der Waals surface area (Å²) in [5.41, 5.74) is 1.53. The Bertz CT molecular complexity index is 763. The summed E-state index contributed by atoms with van der Waals surface area (Å²) in [5.74, 6) is 1.05. The Balaban J connectivity index is 1.49. The summed E-state index contributed by atoms with van der Waals surface area (Å²) >= 11 is 1.76. The summed E-state index contributed by atoms with van der Waals surface area (Å²) in [5, 5.41) is 2.89. The minimum atomic E-state index is -1.14. The minimum Gasteiger partial charge on any atom is -0.445 e. The number of rotatable bonds is 6. The quantitative estimate of drug-likeness (QED) is 0.639. The lowest BCUT2D eigenvalue weighted by molar-refractivity contribution is -0.139. The van der Waals surface area contributed by atoms with E-state index in [0.717, 1.165) is 17.1 Å². The van der Waals surface area contributed by atoms with Gasteiger partial charge in [0.1, 0.15) is 0 Å². The molecule has 0 saturated carbocycles. The van der Waals surface area contributed by atoms with Crippen molar-refractivity contribution in [3.05, 3.63) is 71.3 Å². The standard InChI is InChI=1S/C20H21NO3S/c1-20(13-16-9-5-6-10-17(16)18(22)24-20)19(23)21-11-12-25-14-15-7-3-2-4-8-15/h2-10H,11-14H2,1H3,(H,21,23)/t20-/m0/s1. The highest BCUT2D eigenvalue weighted by Crippen LogP contribution is 2.28. The van der Waals surface area contributed by atoms with Crippen LogP contribution in [0.1, 0.15) is 28.4 Å². The summed E-state index contributed by atoms with van der Waals surface area (Å²) in [6.45, 7) is 2.22. The van der Waals surface area contributed by atoms with E-state index in [0.29, 0.717) is 18.5 Å². The smallest absolute Gasteiger partial charge is 0.339 e. The van der Waals surface area contributed by atoms with E-state index in [1.807, 2.05) is 30.3 Å². The van der Waals surface area contributed by atoms with Crippen LogP contribution in [-0.2, 0) is 21.7 Å². The maximum atomic E-state index is 12.5. The molecule has 0 radical (unpaired) electrons. The van der Waals surface area contributed by atoms with Gasteiger partial charge in [-0.15, -0.1) is 0 Å². The molecule has 2 aromatic carbocycles. The number of benzene rings is 2. The second-order valence-electron chi connectivity index (χ2n) is 6.25. The molecule has 1 heterocycles. The Morgan fingerprint density at radius 3 is 2.68 bits per heavy atom. The van der Waals surface area contributed by atoms with Crippen molar-refractivity contribution >= 4 is 23.6 Å². The van der Waals surface area contributed by atoms with Gasteiger partial charge in [0, 0.05) is 24.5 Å². The largest absolute Gasteiger partial charge is 0.445 e. The fraction of sp³-hybridized carbons (Fsp3) is 0.300. The second kappa shape index (κ2) is 7.74. The lowest BCUT2D eigenvalue weighted by Crippen LogP contribution is -2.52. The highest BCUT2D eigenvalue weighted by atomic mass is 32.2. The number of ether oxygens (including phenoxy) is 1. The summed E-state index contributed by atoms with van der Waals surface area (Å²) in [4.78, 5) is 24.6. The van der Waals surface area contributed by atoms with Crippen LogP contribution >= 0.6 is 11.8 Å². The number of fused-ring (bicyclic) bond motifs is 1. The zero-order valence-corrected chi connectivity index (χ0v) is 15.0. The van der Waals surface area contributed by atoms with Crippen LogP contribution in [0.4, 0.5) is 0 Å². The number of amides is 1. The second-order valence-corrected chi connectivity index (χ2v) is 7.35. The normalized spacial score (nSPS) is 19.0. The molecule has 0 fully saturated rings. The predicted molar refractivity (Wildman–Crippen MR) is 99.6 cm³/mol. The van der Waals surface area contributed by atoms with Crippen molar-refractivity contribution in [2.24, 2.45) is 0 Å². The molecule has 130 valence electrons. The van der Waals surface area contributed by atoms with Crippen molar-refractivity contribution < 1.29 is 14.3 Å². The summed E-state index contributed by atoms with van der Waals surface area (Å²) < 4.78 is 5.43. The van der Waals surface area contributed by atoms with Gasteiger partial charge in [0.05, 0.1) is 5.56 Å². The molecular formula is C20H21NO3S. The number of nitrogens with one attached hydrogen (secondary N) is 1. The van der Waals surface area contributed by atoms with Crippen LogP contribution in [0.15, 0.2) is 54.6 Å². The lowest BCUT2D eigenvalue weighted by Gasteiger charge is -2.33. The molecule has 1 aliphatic rings. The molecule has 25 heavy (non-hydrogen) atoms. The van der Waals surface area contributed by atoms with Crippen molar-refractivity contribution in [3.63, 3.8) is 0 Å². The van der Waals surface area contributed by atoms with Crippen molar-refractivity contribution in [3.8, 4) is 0 Å². The predicted octanol–water partition coefficient (Wildman–Crippen LogP) is 3.21. The number of thioether (sulfide) groups is 1. The number of carbonyl (C=O) groups is 2. The van der Waals surface area contributed by atoms with Crippen molar-refractivity contribution in [1.29, 1.82) is 0 Å². The molecular weight excluding hydrogens is 334 g/mol. The SMILES string of the molecule is C[C@@]1(C(=O)NCCSCc2ccccc2)Cc2ccccc2C(=O)O1. The van der Waals surface area contributed by atoms with E-state index in [-0.39, 0.29) is 5.91 Å². The molecule has 1 N–H and O–H groups in total. The summed E-state index contributed by atoms with van der Waals surface area (Å²) in [6.07, 6.45) is 0.401. The molecule has 0 aliphatic carbocycles. The van der Waals surface area contributed by atoms with Crippen LogP contribution in [0.25, 0.3) is 0 Å². The van der Waals surface area contributed by atoms with Gasteiger partial charge in [-0.25, -0.2) is 4.79 Å². The first-order valence-corrected chi connectivity index (χ1v) is 9.45. The Morgan fingerprint density at radius 2 is 1.88 bits per heavy atom. The number of esters is 1. The molecule has 5 heteroatoms. The van der Waals surface area contributed by atoms with Gasteiger partial charge >= 0.3 is 5.97 Å². The molecule has 0 aromatic heterocycles. The fourth-order valence-electron chi connectivity index (χ4n) is 2.85. The first-order chi connectivity index (χ1) is 12.1. The highest BCUT2D eigenvalue weighted by molar-refractivity contribution is 7.98. The zero-order valence-electron chi connectivity index (χ0n) is 14.2. The van der Waals surface area contributed by atoms with Gasteiger partial charge in [0.25, 0.3) is 5.91 Å². The molecule has 0 spiro atoms. The topological polar surface area (TPSA) is 55.4 Å². The Morgan fingerprint density at radius 1 is 1.16 bits per heavy atom. The van der Waals surface area contributed by atoms with Gasteiger partial charge in [-0.3, -0.25) is 4.79 Å². The molecule has 0 bridgehead atoms. The first kappa shape index (κ1) is 17.5. The van der Waals surface area contributed by atoms with E-state index in [4.69, 9.17) is 4.74 Å². The molecule has 0 saturated heterocycles. The van der Waals surface area contributed by atoms with Crippen molar-refractivity contribution in [2.75, 3.05) is 12.3 Å². The third-order valence-corrected chi connectivity index (χ3v) is 5.24. The monoisotopic (exact) mass is 355 g/mol. The number of cyclic esters (lactones) is 1. The molecule has 0 unspecified atom stereocenters. The van der Waals surface area contributed by atoms with E-state index >= 15 is 0 Å². The van der Waals surface area contributed by atoms with Crippen molar-refractivity contribution in [2.45, 2.75) is 24.7 Å². The van der Waals surface area contributed by atoms with Crippen LogP contribution in [0.3, 0.4) is 0 Å². The maximum Gasteiger partial charge on any atom is 0.339 e. The van der Waals surface area contributed by atoms with E-state index in [2.05, 4.69) is 17.4 Å². The van der Waals surface area contributed by atoms with E-state index in [1.165, 1.54) is 5.56 Å². The van der Waals surface area contributed by atoms with Gasteiger partial charge in [-0.05, 0) is 24.1 Å². The fourth-order valence-corrected chi connectivity index (χ4v) is 3.67. The van der Waals surface area contributed by atoms with Gasteiger partial charge in [0.15, 0.2) is 5.60 Å². The highest BCUT2D eigenvalue weighted by Gasteiger charge is 2.42. The Labute approximate surface area is 152 Å². The van der Waals surface area contributed by atoms with Gasteiger partial charge in [-0.2, -0.15) is 11.8 Å². The molecule has 1 atom stereocenters. The zero-order chi connectivity index (χ0) is 17.7. The van der Waals surface area contributed by atoms with Crippen LogP contribution in [0.5, 0.6) is 0 Å². The Kier molecular flexibility index (Phi) is 5.43. The van der Waals surface area contributed by atoms with Gasteiger partial charge in [-0.1, -0.05) is 48.5 Å². The van der Waals surface area contributed by atoms with E-state index < -0.39 is 11.6 Å². The number of hydrogen-bond acceptors (Lipinski definition) is 4. The lowest BCUT2D eigenvalue weighted by atomic mass is 9.89. The summed E-state index contributed by atoms with van der Waals surface area (Å²) in [7, 11) is 0. The third-order valence-electron chi connectivity index (χ3n) is 4.21. The van der Waals surface area contributed by atoms with E-state index in [9.17, 15) is 9.59 Å². The van der Waals surface area contributed by atoms with Crippen LogP contribution in [0.2, 0.25) is 0 Å². The average molecular weight is 355 g/mol. The first-order valence-electron chi connectivity index (χ1n) is 8.30. The molecule has 3 rings (SSSR count).